The average molecular weight is 215 g/mol. The van der Waals surface area contributed by atoms with Crippen molar-refractivity contribution in [1.29, 1.82) is 0 Å². The van der Waals surface area contributed by atoms with E-state index in [-0.39, 0.29) is 5.56 Å². The fourth-order valence-corrected chi connectivity index (χ4v) is 1.29. The Morgan fingerprint density at radius 2 is 1.86 bits per heavy atom. The summed E-state index contributed by atoms with van der Waals surface area (Å²) in [5.41, 5.74) is 0.226. The highest BCUT2D eigenvalue weighted by Gasteiger charge is 2.13. The Bertz CT molecular complexity index is 412. The Balaban J connectivity index is 2.79. The van der Waals surface area contributed by atoms with Crippen LogP contribution in [0.3, 0.4) is 0 Å². The van der Waals surface area contributed by atoms with Gasteiger partial charge in [-0.05, 0) is 12.1 Å². The molecule has 0 aliphatic heterocycles. The summed E-state index contributed by atoms with van der Waals surface area (Å²) in [4.78, 5) is 11.2. The summed E-state index contributed by atoms with van der Waals surface area (Å²) in [5, 5.41) is 8.39. The topological polar surface area (TPSA) is 83.5 Å². The number of hydrogen-bond donors (Lipinski definition) is 2. The molecule has 5 nitrogen and oxygen atoms in total. The lowest BCUT2D eigenvalue weighted by molar-refractivity contribution is 0.0980. The van der Waals surface area contributed by atoms with Crippen molar-refractivity contribution >= 4 is 15.9 Å². The van der Waals surface area contributed by atoms with Crippen molar-refractivity contribution < 1.29 is 18.3 Å². The molecular weight excluding hydrogens is 206 g/mol. The van der Waals surface area contributed by atoms with Crippen LogP contribution in [-0.4, -0.2) is 25.4 Å². The third-order valence-corrected chi connectivity index (χ3v) is 2.29. The van der Waals surface area contributed by atoms with Crippen LogP contribution < -0.4 is 4.72 Å². The number of hydrogen-bond acceptors (Lipinski definition) is 4. The number of aliphatic hydroxyl groups excluding tert-OH is 1. The molecule has 0 aliphatic rings. The van der Waals surface area contributed by atoms with Gasteiger partial charge in [0.1, 0.15) is 0 Å². The lowest BCUT2D eigenvalue weighted by atomic mass is 10.2. The van der Waals surface area contributed by atoms with Crippen molar-refractivity contribution in [1.82, 2.24) is 4.72 Å². The zero-order chi connectivity index (χ0) is 10.6. The van der Waals surface area contributed by atoms with Crippen LogP contribution in [0.2, 0.25) is 0 Å². The van der Waals surface area contributed by atoms with Crippen molar-refractivity contribution in [3.63, 3.8) is 0 Å². The van der Waals surface area contributed by atoms with Gasteiger partial charge in [0, 0.05) is 5.56 Å². The molecule has 1 aromatic carbocycles. The number of rotatable bonds is 3. The Kier molecular flexibility index (Phi) is 3.21. The van der Waals surface area contributed by atoms with Gasteiger partial charge in [-0.1, -0.05) is 18.2 Å². The van der Waals surface area contributed by atoms with E-state index in [0.29, 0.717) is 0 Å². The number of benzene rings is 1. The first kappa shape index (κ1) is 10.7. The molecule has 0 radical (unpaired) electrons. The molecule has 0 fully saturated rings. The van der Waals surface area contributed by atoms with Gasteiger partial charge in [0.25, 0.3) is 15.9 Å². The number of nitrogens with one attached hydrogen (secondary N) is 1. The van der Waals surface area contributed by atoms with Crippen molar-refractivity contribution in [2.24, 2.45) is 0 Å². The van der Waals surface area contributed by atoms with Gasteiger partial charge < -0.3 is 5.11 Å². The van der Waals surface area contributed by atoms with E-state index in [4.69, 9.17) is 5.11 Å². The van der Waals surface area contributed by atoms with Gasteiger partial charge in [0.05, 0.1) is 0 Å². The summed E-state index contributed by atoms with van der Waals surface area (Å²) >= 11 is 0. The van der Waals surface area contributed by atoms with Crippen LogP contribution in [0.1, 0.15) is 10.4 Å². The van der Waals surface area contributed by atoms with Crippen LogP contribution in [0.15, 0.2) is 30.3 Å². The smallest absolute Gasteiger partial charge is 0.264 e. The average Bonchev–Trinajstić information content (AvgIpc) is 2.19. The van der Waals surface area contributed by atoms with E-state index < -0.39 is 21.9 Å². The van der Waals surface area contributed by atoms with E-state index in [9.17, 15) is 13.2 Å². The third kappa shape index (κ3) is 2.82. The van der Waals surface area contributed by atoms with Gasteiger partial charge in [-0.2, -0.15) is 0 Å². The summed E-state index contributed by atoms with van der Waals surface area (Å²) < 4.78 is 23.3. The second-order valence-electron chi connectivity index (χ2n) is 2.54. The molecule has 0 unspecified atom stereocenters. The second kappa shape index (κ2) is 4.21. The van der Waals surface area contributed by atoms with E-state index in [1.165, 1.54) is 12.1 Å². The normalized spacial score (nSPS) is 10.9. The molecule has 0 aromatic heterocycles. The van der Waals surface area contributed by atoms with Crippen molar-refractivity contribution in [3.8, 4) is 0 Å². The Hall–Kier alpha value is -1.40. The number of aliphatic hydroxyl groups is 1. The highest BCUT2D eigenvalue weighted by atomic mass is 32.2. The minimum Gasteiger partial charge on any atom is -0.378 e. The standard InChI is InChI=1S/C8H9NO4S/c10-6-14(12,13)9-8(11)7-4-2-1-3-5-7/h1-5,10H,6H2,(H,9,11). The second-order valence-corrected chi connectivity index (χ2v) is 4.23. The van der Waals surface area contributed by atoms with Crippen LogP contribution in [0.5, 0.6) is 0 Å². The summed E-state index contributed by atoms with van der Waals surface area (Å²) in [6.45, 7) is 0. The van der Waals surface area contributed by atoms with Crippen LogP contribution in [0.4, 0.5) is 0 Å². The molecule has 0 atom stereocenters. The van der Waals surface area contributed by atoms with Crippen LogP contribution in [0, 0.1) is 0 Å². The molecule has 0 bridgehead atoms. The first-order valence-corrected chi connectivity index (χ1v) is 5.41. The van der Waals surface area contributed by atoms with Gasteiger partial charge in [-0.15, -0.1) is 0 Å². The maximum absolute atomic E-state index is 11.2. The molecule has 14 heavy (non-hydrogen) atoms. The molecular formula is C8H9NO4S. The quantitative estimate of drug-likeness (QED) is 0.724. The van der Waals surface area contributed by atoms with Crippen LogP contribution in [-0.2, 0) is 10.0 Å². The highest BCUT2D eigenvalue weighted by Crippen LogP contribution is 1.98. The maximum atomic E-state index is 11.2. The van der Waals surface area contributed by atoms with Gasteiger partial charge in [-0.25, -0.2) is 13.1 Å². The summed E-state index contributed by atoms with van der Waals surface area (Å²) in [6.07, 6.45) is 0. The zero-order valence-corrected chi connectivity index (χ0v) is 7.99. The molecule has 1 rings (SSSR count). The van der Waals surface area contributed by atoms with E-state index in [1.807, 2.05) is 0 Å². The van der Waals surface area contributed by atoms with Gasteiger partial charge in [0.2, 0.25) is 0 Å². The van der Waals surface area contributed by atoms with Crippen LogP contribution in [0.25, 0.3) is 0 Å². The Morgan fingerprint density at radius 3 is 2.36 bits per heavy atom. The predicted molar refractivity (Wildman–Crippen MR) is 49.9 cm³/mol. The fourth-order valence-electron chi connectivity index (χ4n) is 0.822. The summed E-state index contributed by atoms with van der Waals surface area (Å²) in [6, 6.07) is 7.88. The van der Waals surface area contributed by atoms with Gasteiger partial charge >= 0.3 is 0 Å². The highest BCUT2D eigenvalue weighted by molar-refractivity contribution is 7.89. The minimum absolute atomic E-state index is 0.226. The van der Waals surface area contributed by atoms with Crippen molar-refractivity contribution in [3.05, 3.63) is 35.9 Å². The van der Waals surface area contributed by atoms with Crippen molar-refractivity contribution in [2.45, 2.75) is 0 Å². The Labute approximate surface area is 81.4 Å². The van der Waals surface area contributed by atoms with E-state index >= 15 is 0 Å². The monoisotopic (exact) mass is 215 g/mol. The largest absolute Gasteiger partial charge is 0.378 e. The summed E-state index contributed by atoms with van der Waals surface area (Å²) in [7, 11) is -3.91. The molecule has 0 heterocycles. The SMILES string of the molecule is O=C(NS(=O)(=O)CO)c1ccccc1. The molecule has 0 aliphatic carbocycles. The van der Waals surface area contributed by atoms with E-state index in [2.05, 4.69) is 0 Å². The van der Waals surface area contributed by atoms with E-state index in [1.54, 1.807) is 22.9 Å². The van der Waals surface area contributed by atoms with Gasteiger partial charge in [0.15, 0.2) is 5.94 Å². The zero-order valence-electron chi connectivity index (χ0n) is 7.17. The summed E-state index contributed by atoms with van der Waals surface area (Å²) in [5.74, 6) is -1.86. The van der Waals surface area contributed by atoms with Crippen molar-refractivity contribution in [2.75, 3.05) is 5.94 Å². The van der Waals surface area contributed by atoms with E-state index in [0.717, 1.165) is 0 Å². The predicted octanol–water partition coefficient (Wildman–Crippen LogP) is -0.304. The lowest BCUT2D eigenvalue weighted by Crippen LogP contribution is -2.32. The molecule has 1 aromatic rings. The molecule has 2 N–H and O–H groups in total. The molecule has 0 spiro atoms. The lowest BCUT2D eigenvalue weighted by Gasteiger charge is -2.03. The molecule has 1 amide bonds. The molecule has 0 saturated carbocycles. The number of amides is 1. The maximum Gasteiger partial charge on any atom is 0.264 e. The fraction of sp³-hybridized carbons (Fsp3) is 0.125. The first-order chi connectivity index (χ1) is 6.55. The third-order valence-electron chi connectivity index (χ3n) is 1.45. The number of carbonyl (C=O) groups is 1. The molecule has 6 heteroatoms. The Morgan fingerprint density at radius 1 is 1.29 bits per heavy atom. The molecule has 76 valence electrons. The number of carbonyl (C=O) groups excluding carboxylic acids is 1. The minimum atomic E-state index is -3.91. The van der Waals surface area contributed by atoms with Gasteiger partial charge in [-0.3, -0.25) is 4.79 Å². The first-order valence-electron chi connectivity index (χ1n) is 3.76. The number of sulfonamides is 1. The molecule has 0 saturated heterocycles. The van der Waals surface area contributed by atoms with Crippen LogP contribution >= 0.6 is 0 Å².